The fourth-order valence-corrected chi connectivity index (χ4v) is 2.82. The van der Waals surface area contributed by atoms with E-state index in [4.69, 9.17) is 4.74 Å². The Bertz CT molecular complexity index is 1010. The van der Waals surface area contributed by atoms with Crippen LogP contribution in [-0.2, 0) is 40.1 Å². The molecule has 1 heterocycles. The number of anilines is 1. The summed E-state index contributed by atoms with van der Waals surface area (Å²) in [6, 6.07) is 5.79. The van der Waals surface area contributed by atoms with Crippen molar-refractivity contribution in [1.29, 1.82) is 0 Å². The van der Waals surface area contributed by atoms with E-state index in [1.165, 1.54) is 6.92 Å². The van der Waals surface area contributed by atoms with Gasteiger partial charge in [-0.05, 0) is 45.4 Å². The van der Waals surface area contributed by atoms with Gasteiger partial charge in [0.15, 0.2) is 0 Å². The van der Waals surface area contributed by atoms with Gasteiger partial charge in [-0.3, -0.25) is 33.7 Å². The average molecular weight is 487 g/mol. The molecule has 0 aromatic heterocycles. The Morgan fingerprint density at radius 2 is 1.57 bits per heavy atom. The topological polar surface area (TPSA) is 151 Å². The van der Waals surface area contributed by atoms with Gasteiger partial charge in [0.1, 0.15) is 12.6 Å². The zero-order chi connectivity index (χ0) is 26.2. The van der Waals surface area contributed by atoms with E-state index in [0.717, 1.165) is 22.6 Å². The molecule has 5 amide bonds. The van der Waals surface area contributed by atoms with E-state index in [-0.39, 0.29) is 32.1 Å². The first kappa shape index (κ1) is 27.2. The van der Waals surface area contributed by atoms with Gasteiger partial charge in [0.25, 0.3) is 11.8 Å². The summed E-state index contributed by atoms with van der Waals surface area (Å²) in [5.74, 6) is -2.85. The Labute approximate surface area is 203 Å². The number of hydrogen-bond donors (Lipinski definition) is 3. The van der Waals surface area contributed by atoms with Gasteiger partial charge in [-0.15, -0.1) is 0 Å². The summed E-state index contributed by atoms with van der Waals surface area (Å²) in [5, 5.41) is 7.51. The van der Waals surface area contributed by atoms with Crippen molar-refractivity contribution in [2.45, 2.75) is 46.8 Å². The van der Waals surface area contributed by atoms with Crippen molar-refractivity contribution in [2.24, 2.45) is 5.41 Å². The van der Waals surface area contributed by atoms with Crippen LogP contribution in [-0.4, -0.2) is 59.5 Å². The average Bonchev–Trinajstić information content (AvgIpc) is 3.11. The summed E-state index contributed by atoms with van der Waals surface area (Å²) < 4.78 is 5.24. The quantitative estimate of drug-likeness (QED) is 0.324. The summed E-state index contributed by atoms with van der Waals surface area (Å²) in [5.41, 5.74) is 0.662. The summed E-state index contributed by atoms with van der Waals surface area (Å²) in [7, 11) is 0. The maximum absolute atomic E-state index is 12.2. The van der Waals surface area contributed by atoms with Crippen LogP contribution in [0, 0.1) is 5.41 Å². The Morgan fingerprint density at radius 1 is 0.971 bits per heavy atom. The lowest BCUT2D eigenvalue weighted by molar-refractivity contribution is -0.154. The summed E-state index contributed by atoms with van der Waals surface area (Å²) in [6.07, 6.45) is 2.10. The molecule has 0 saturated heterocycles. The molecule has 35 heavy (non-hydrogen) atoms. The molecule has 0 bridgehead atoms. The second-order valence-corrected chi connectivity index (χ2v) is 8.99. The number of ether oxygens (including phenoxy) is 1. The van der Waals surface area contributed by atoms with Crippen molar-refractivity contribution >= 4 is 41.2 Å². The van der Waals surface area contributed by atoms with Gasteiger partial charge in [-0.1, -0.05) is 12.1 Å². The lowest BCUT2D eigenvalue weighted by Gasteiger charge is -2.17. The molecule has 0 spiro atoms. The van der Waals surface area contributed by atoms with Crippen molar-refractivity contribution in [3.05, 3.63) is 42.0 Å². The number of esters is 1. The predicted molar refractivity (Wildman–Crippen MR) is 125 cm³/mol. The van der Waals surface area contributed by atoms with E-state index in [0.29, 0.717) is 5.69 Å². The number of nitrogens with one attached hydrogen (secondary N) is 3. The van der Waals surface area contributed by atoms with Gasteiger partial charge in [0.05, 0.1) is 12.0 Å². The van der Waals surface area contributed by atoms with Crippen molar-refractivity contribution in [3.8, 4) is 0 Å². The maximum Gasteiger partial charge on any atom is 0.311 e. The van der Waals surface area contributed by atoms with E-state index >= 15 is 0 Å². The molecular weight excluding hydrogens is 456 g/mol. The summed E-state index contributed by atoms with van der Waals surface area (Å²) in [4.78, 5) is 72.0. The van der Waals surface area contributed by atoms with Gasteiger partial charge in [0.2, 0.25) is 17.7 Å². The lowest BCUT2D eigenvalue weighted by Crippen LogP contribution is -2.47. The van der Waals surface area contributed by atoms with Gasteiger partial charge in [0, 0.05) is 30.8 Å². The molecule has 0 unspecified atom stereocenters. The van der Waals surface area contributed by atoms with Crippen molar-refractivity contribution in [3.63, 3.8) is 0 Å². The zero-order valence-electron chi connectivity index (χ0n) is 20.2. The standard InChI is InChI=1S/C24H30N4O7/c1-15(26-18(29)11-12-28-20(31)9-10-21(28)32)22(33)25-13-19(30)27-17-7-5-16(6-8-17)14-35-23(34)24(2,3)4/h5-10,15H,11-14H2,1-4H3,(H,25,33)(H,26,29)(H,27,30)/t15-/m0/s1. The Morgan fingerprint density at radius 3 is 2.14 bits per heavy atom. The third-order valence-corrected chi connectivity index (χ3v) is 4.88. The number of amides is 5. The minimum absolute atomic E-state index is 0.0922. The minimum atomic E-state index is -0.923. The summed E-state index contributed by atoms with van der Waals surface area (Å²) in [6.45, 7) is 6.46. The second-order valence-electron chi connectivity index (χ2n) is 8.99. The van der Waals surface area contributed by atoms with E-state index in [2.05, 4.69) is 16.0 Å². The number of rotatable bonds is 10. The third kappa shape index (κ3) is 8.69. The highest BCUT2D eigenvalue weighted by Crippen LogP contribution is 2.17. The number of carbonyl (C=O) groups excluding carboxylic acids is 6. The molecule has 1 atom stereocenters. The molecule has 0 radical (unpaired) electrons. The van der Waals surface area contributed by atoms with Gasteiger partial charge in [-0.25, -0.2) is 0 Å². The molecule has 0 aliphatic carbocycles. The first-order chi connectivity index (χ1) is 16.4. The first-order valence-corrected chi connectivity index (χ1v) is 11.0. The van der Waals surface area contributed by atoms with E-state index in [9.17, 15) is 28.8 Å². The molecule has 1 aromatic rings. The zero-order valence-corrected chi connectivity index (χ0v) is 20.2. The first-order valence-electron chi connectivity index (χ1n) is 11.0. The lowest BCUT2D eigenvalue weighted by atomic mass is 9.97. The molecule has 3 N–H and O–H groups in total. The molecule has 1 aliphatic rings. The van der Waals surface area contributed by atoms with E-state index in [1.807, 2.05) is 0 Å². The van der Waals surface area contributed by atoms with Crippen LogP contribution >= 0.6 is 0 Å². The van der Waals surface area contributed by atoms with Crippen LogP contribution in [0.3, 0.4) is 0 Å². The van der Waals surface area contributed by atoms with Crippen LogP contribution in [0.4, 0.5) is 5.69 Å². The second kappa shape index (κ2) is 11.9. The van der Waals surface area contributed by atoms with E-state index in [1.54, 1.807) is 45.0 Å². The van der Waals surface area contributed by atoms with Gasteiger partial charge in [-0.2, -0.15) is 0 Å². The fourth-order valence-electron chi connectivity index (χ4n) is 2.82. The molecule has 1 aromatic carbocycles. The minimum Gasteiger partial charge on any atom is -0.460 e. The highest BCUT2D eigenvalue weighted by Gasteiger charge is 2.25. The normalized spacial score (nSPS) is 13.9. The van der Waals surface area contributed by atoms with Crippen molar-refractivity contribution in [2.75, 3.05) is 18.4 Å². The van der Waals surface area contributed by atoms with Crippen LogP contribution < -0.4 is 16.0 Å². The molecule has 2 rings (SSSR count). The van der Waals surface area contributed by atoms with E-state index < -0.39 is 41.0 Å². The highest BCUT2D eigenvalue weighted by molar-refractivity contribution is 6.13. The maximum atomic E-state index is 12.2. The van der Waals surface area contributed by atoms with Crippen LogP contribution in [0.5, 0.6) is 0 Å². The monoisotopic (exact) mass is 486 g/mol. The van der Waals surface area contributed by atoms with Gasteiger partial charge < -0.3 is 20.7 Å². The van der Waals surface area contributed by atoms with Crippen LogP contribution in [0.2, 0.25) is 0 Å². The number of hydrogen-bond acceptors (Lipinski definition) is 7. The molecular formula is C24H30N4O7. The molecule has 188 valence electrons. The van der Waals surface area contributed by atoms with Gasteiger partial charge >= 0.3 is 5.97 Å². The Balaban J connectivity index is 1.69. The smallest absolute Gasteiger partial charge is 0.311 e. The fraction of sp³-hybridized carbons (Fsp3) is 0.417. The number of nitrogens with zero attached hydrogens (tertiary/aromatic N) is 1. The predicted octanol–water partition coefficient (Wildman–Crippen LogP) is 0.650. The number of carbonyl (C=O) groups is 6. The molecule has 0 fully saturated rings. The highest BCUT2D eigenvalue weighted by atomic mass is 16.5. The Kier molecular flexibility index (Phi) is 9.26. The molecule has 0 saturated carbocycles. The molecule has 11 nitrogen and oxygen atoms in total. The van der Waals surface area contributed by atoms with Crippen molar-refractivity contribution in [1.82, 2.24) is 15.5 Å². The van der Waals surface area contributed by atoms with Crippen molar-refractivity contribution < 1.29 is 33.5 Å². The van der Waals surface area contributed by atoms with Crippen LogP contribution in [0.15, 0.2) is 36.4 Å². The van der Waals surface area contributed by atoms with Crippen LogP contribution in [0.1, 0.15) is 39.7 Å². The Hall–Kier alpha value is -4.02. The molecule has 11 heteroatoms. The summed E-state index contributed by atoms with van der Waals surface area (Å²) >= 11 is 0. The van der Waals surface area contributed by atoms with Crippen LogP contribution in [0.25, 0.3) is 0 Å². The SMILES string of the molecule is C[C@H](NC(=O)CCN1C(=O)C=CC1=O)C(=O)NCC(=O)Nc1ccc(COC(=O)C(C)(C)C)cc1. The molecule has 1 aliphatic heterocycles. The number of benzene rings is 1. The largest absolute Gasteiger partial charge is 0.460 e. The number of imide groups is 1. The third-order valence-electron chi connectivity index (χ3n) is 4.88.